The summed E-state index contributed by atoms with van der Waals surface area (Å²) in [4.78, 5) is 11.7. The Morgan fingerprint density at radius 2 is 1.90 bits per heavy atom. The van der Waals surface area contributed by atoms with E-state index in [1.165, 1.54) is 6.92 Å². The molecular formula is C15H24N2O3. The Kier molecular flexibility index (Phi) is 5.98. The zero-order valence-electron chi connectivity index (χ0n) is 12.5. The minimum absolute atomic E-state index is 0.189. The van der Waals surface area contributed by atoms with Crippen LogP contribution in [0.4, 0.5) is 0 Å². The first-order valence-corrected chi connectivity index (χ1v) is 6.76. The molecule has 3 atom stereocenters. The lowest BCUT2D eigenvalue weighted by Gasteiger charge is -2.20. The van der Waals surface area contributed by atoms with Crippen LogP contribution >= 0.6 is 0 Å². The number of nitrogens with one attached hydrogen (secondary N) is 1. The van der Waals surface area contributed by atoms with Crippen molar-refractivity contribution in [1.29, 1.82) is 0 Å². The minimum atomic E-state index is -0.919. The molecule has 0 saturated carbocycles. The number of nitrogens with two attached hydrogens (primary N) is 1. The van der Waals surface area contributed by atoms with E-state index >= 15 is 0 Å². The number of para-hydroxylation sites is 1. The number of aliphatic hydroxyl groups is 1. The van der Waals surface area contributed by atoms with Gasteiger partial charge in [0.2, 0.25) is 5.91 Å². The van der Waals surface area contributed by atoms with Crippen molar-refractivity contribution >= 4 is 5.91 Å². The van der Waals surface area contributed by atoms with Crippen LogP contribution in [0.15, 0.2) is 18.2 Å². The lowest BCUT2D eigenvalue weighted by Crippen LogP contribution is -2.50. The molecule has 0 fully saturated rings. The summed E-state index contributed by atoms with van der Waals surface area (Å²) in [7, 11) is 0. The predicted octanol–water partition coefficient (Wildman–Crippen LogP) is 0.895. The van der Waals surface area contributed by atoms with Crippen molar-refractivity contribution in [1.82, 2.24) is 5.32 Å². The molecule has 5 heteroatoms. The van der Waals surface area contributed by atoms with Gasteiger partial charge in [-0.25, -0.2) is 0 Å². The number of carbonyl (C=O) groups is 1. The summed E-state index contributed by atoms with van der Waals surface area (Å²) >= 11 is 0. The predicted molar refractivity (Wildman–Crippen MR) is 78.7 cm³/mol. The van der Waals surface area contributed by atoms with Gasteiger partial charge in [-0.05, 0) is 38.8 Å². The monoisotopic (exact) mass is 280 g/mol. The van der Waals surface area contributed by atoms with Crippen LogP contribution in [0.1, 0.15) is 25.0 Å². The Balaban J connectivity index is 2.52. The van der Waals surface area contributed by atoms with E-state index in [2.05, 4.69) is 5.32 Å². The molecule has 0 saturated heterocycles. The summed E-state index contributed by atoms with van der Waals surface area (Å²) in [6.45, 7) is 7.64. The summed E-state index contributed by atoms with van der Waals surface area (Å²) in [6.07, 6.45) is -0.873. The molecule has 0 aliphatic carbocycles. The van der Waals surface area contributed by atoms with Gasteiger partial charge in [0.1, 0.15) is 18.4 Å². The van der Waals surface area contributed by atoms with Crippen LogP contribution in [-0.2, 0) is 4.79 Å². The first-order chi connectivity index (χ1) is 9.32. The lowest BCUT2D eigenvalue weighted by molar-refractivity contribution is -0.125. The molecule has 112 valence electrons. The second-order valence-electron chi connectivity index (χ2n) is 5.21. The van der Waals surface area contributed by atoms with E-state index in [1.807, 2.05) is 39.0 Å². The van der Waals surface area contributed by atoms with Crippen LogP contribution in [0.2, 0.25) is 0 Å². The van der Waals surface area contributed by atoms with Crippen molar-refractivity contribution in [3.63, 3.8) is 0 Å². The van der Waals surface area contributed by atoms with Crippen LogP contribution in [0.5, 0.6) is 5.75 Å². The average molecular weight is 280 g/mol. The van der Waals surface area contributed by atoms with E-state index in [1.54, 1.807) is 0 Å². The molecule has 4 N–H and O–H groups in total. The Hall–Kier alpha value is -1.59. The number of hydrogen-bond acceptors (Lipinski definition) is 4. The van der Waals surface area contributed by atoms with Gasteiger partial charge in [0.15, 0.2) is 0 Å². The van der Waals surface area contributed by atoms with Gasteiger partial charge in [0.25, 0.3) is 0 Å². The Labute approximate surface area is 120 Å². The Morgan fingerprint density at radius 1 is 1.35 bits per heavy atom. The van der Waals surface area contributed by atoms with Crippen molar-refractivity contribution in [3.8, 4) is 5.75 Å². The molecule has 1 rings (SSSR count). The smallest absolute Gasteiger partial charge is 0.239 e. The normalized spacial score (nSPS) is 15.3. The highest BCUT2D eigenvalue weighted by molar-refractivity contribution is 5.82. The molecule has 0 heterocycles. The molecule has 5 nitrogen and oxygen atoms in total. The number of hydrogen-bond donors (Lipinski definition) is 3. The summed E-state index contributed by atoms with van der Waals surface area (Å²) < 4.78 is 5.75. The number of ether oxygens (including phenoxy) is 1. The fraction of sp³-hybridized carbons (Fsp3) is 0.533. The topological polar surface area (TPSA) is 84.6 Å². The standard InChI is InChI=1S/C15H24N2O3/c1-9-6-5-7-10(2)14(9)20-8-11(3)17-15(19)13(16)12(4)18/h5-7,11-13,18H,8,16H2,1-4H3,(H,17,19)/t11?,12-,13+/m1/s1. The Morgan fingerprint density at radius 3 is 2.40 bits per heavy atom. The van der Waals surface area contributed by atoms with E-state index in [0.29, 0.717) is 6.61 Å². The zero-order valence-corrected chi connectivity index (χ0v) is 12.5. The molecule has 0 bridgehead atoms. The second-order valence-corrected chi connectivity index (χ2v) is 5.21. The van der Waals surface area contributed by atoms with Gasteiger partial charge in [0, 0.05) is 0 Å². The maximum atomic E-state index is 11.7. The van der Waals surface area contributed by atoms with Crippen LogP contribution < -0.4 is 15.8 Å². The second kappa shape index (κ2) is 7.26. The molecule has 1 amide bonds. The number of carbonyl (C=O) groups excluding carboxylic acids is 1. The van der Waals surface area contributed by atoms with Crippen molar-refractivity contribution in [2.75, 3.05) is 6.61 Å². The number of aliphatic hydroxyl groups excluding tert-OH is 1. The maximum Gasteiger partial charge on any atom is 0.239 e. The number of benzene rings is 1. The first-order valence-electron chi connectivity index (χ1n) is 6.76. The van der Waals surface area contributed by atoms with Crippen molar-refractivity contribution in [2.45, 2.75) is 45.9 Å². The van der Waals surface area contributed by atoms with Gasteiger partial charge in [-0.3, -0.25) is 4.79 Å². The van der Waals surface area contributed by atoms with E-state index in [-0.39, 0.29) is 11.9 Å². The van der Waals surface area contributed by atoms with Crippen molar-refractivity contribution in [2.24, 2.45) is 5.73 Å². The summed E-state index contributed by atoms with van der Waals surface area (Å²) in [5.74, 6) is 0.464. The highest BCUT2D eigenvalue weighted by Crippen LogP contribution is 2.22. The molecule has 20 heavy (non-hydrogen) atoms. The highest BCUT2D eigenvalue weighted by Gasteiger charge is 2.20. The zero-order chi connectivity index (χ0) is 15.3. The average Bonchev–Trinajstić information content (AvgIpc) is 2.36. The molecule has 0 aliphatic heterocycles. The SMILES string of the molecule is Cc1cccc(C)c1OCC(C)NC(=O)[C@@H](N)[C@@H](C)O. The molecule has 0 radical (unpaired) electrons. The quantitative estimate of drug-likeness (QED) is 0.722. The van der Waals surface area contributed by atoms with Gasteiger partial charge < -0.3 is 20.9 Å². The Bertz CT molecular complexity index is 440. The van der Waals surface area contributed by atoms with Crippen LogP contribution in [0, 0.1) is 13.8 Å². The van der Waals surface area contributed by atoms with E-state index in [0.717, 1.165) is 16.9 Å². The lowest BCUT2D eigenvalue weighted by atomic mass is 10.1. The highest BCUT2D eigenvalue weighted by atomic mass is 16.5. The van der Waals surface area contributed by atoms with Gasteiger partial charge in [0.05, 0.1) is 12.1 Å². The summed E-state index contributed by atoms with van der Waals surface area (Å²) in [6, 6.07) is 4.83. The third-order valence-corrected chi connectivity index (χ3v) is 3.10. The number of rotatable bonds is 6. The fourth-order valence-corrected chi connectivity index (χ4v) is 1.83. The maximum absolute atomic E-state index is 11.7. The molecule has 1 aromatic carbocycles. The number of amides is 1. The summed E-state index contributed by atoms with van der Waals surface area (Å²) in [5.41, 5.74) is 7.68. The van der Waals surface area contributed by atoms with Crippen molar-refractivity contribution in [3.05, 3.63) is 29.3 Å². The molecule has 1 unspecified atom stereocenters. The molecular weight excluding hydrogens is 256 g/mol. The van der Waals surface area contributed by atoms with Crippen molar-refractivity contribution < 1.29 is 14.6 Å². The van der Waals surface area contributed by atoms with Crippen LogP contribution in [0.3, 0.4) is 0 Å². The molecule has 0 aromatic heterocycles. The summed E-state index contributed by atoms with van der Waals surface area (Å²) in [5, 5.41) is 12.0. The van der Waals surface area contributed by atoms with E-state index in [4.69, 9.17) is 10.5 Å². The number of aryl methyl sites for hydroxylation is 2. The largest absolute Gasteiger partial charge is 0.491 e. The van der Waals surface area contributed by atoms with Gasteiger partial charge >= 0.3 is 0 Å². The molecule has 0 aliphatic rings. The minimum Gasteiger partial charge on any atom is -0.491 e. The third kappa shape index (κ3) is 4.51. The first kappa shape index (κ1) is 16.5. The van der Waals surface area contributed by atoms with E-state index in [9.17, 15) is 9.90 Å². The van der Waals surface area contributed by atoms with Crippen LogP contribution in [0.25, 0.3) is 0 Å². The van der Waals surface area contributed by atoms with Gasteiger partial charge in [-0.15, -0.1) is 0 Å². The molecule has 0 spiro atoms. The van der Waals surface area contributed by atoms with Crippen LogP contribution in [-0.4, -0.2) is 35.8 Å². The van der Waals surface area contributed by atoms with Gasteiger partial charge in [-0.2, -0.15) is 0 Å². The van der Waals surface area contributed by atoms with E-state index < -0.39 is 12.1 Å². The third-order valence-electron chi connectivity index (χ3n) is 3.10. The molecule has 1 aromatic rings. The van der Waals surface area contributed by atoms with Gasteiger partial charge in [-0.1, -0.05) is 18.2 Å². The fourth-order valence-electron chi connectivity index (χ4n) is 1.83.